The van der Waals surface area contributed by atoms with Gasteiger partial charge in [0, 0.05) is 0 Å². The number of hydrogen-bond acceptors (Lipinski definition) is 2. The molecule has 1 rings (SSSR count). The van der Waals surface area contributed by atoms with Gasteiger partial charge >= 0.3 is 0 Å². The van der Waals surface area contributed by atoms with Gasteiger partial charge in [0.05, 0.1) is 5.70 Å². The van der Waals surface area contributed by atoms with E-state index in [1.54, 1.807) is 6.26 Å². The van der Waals surface area contributed by atoms with Crippen LogP contribution in [0.4, 0.5) is 0 Å². The maximum atomic E-state index is 4.96. The smallest absolute Gasteiger partial charge is 0.189 e. The second-order valence-electron chi connectivity index (χ2n) is 2.39. The second-order valence-corrected chi connectivity index (χ2v) is 2.39. The van der Waals surface area contributed by atoms with Crippen LogP contribution in [0.25, 0.3) is 0 Å². The van der Waals surface area contributed by atoms with Crippen LogP contribution in [-0.4, -0.2) is 0 Å². The van der Waals surface area contributed by atoms with E-state index in [-0.39, 0.29) is 0 Å². The van der Waals surface area contributed by atoms with Gasteiger partial charge in [0.15, 0.2) is 5.88 Å². The Labute approximate surface area is 55.2 Å². The van der Waals surface area contributed by atoms with Crippen LogP contribution >= 0.6 is 0 Å². The molecular formula is C7H11NO. The summed E-state index contributed by atoms with van der Waals surface area (Å²) in [7, 11) is 0. The molecule has 0 aliphatic carbocycles. The van der Waals surface area contributed by atoms with Crippen LogP contribution in [0.2, 0.25) is 0 Å². The molecule has 2 heteroatoms. The number of allylic oxidation sites excluding steroid dienone is 1. The molecule has 1 heterocycles. The third-order valence-electron chi connectivity index (χ3n) is 1.23. The van der Waals surface area contributed by atoms with Crippen LogP contribution < -0.4 is 5.32 Å². The van der Waals surface area contributed by atoms with E-state index in [2.05, 4.69) is 25.7 Å². The van der Waals surface area contributed by atoms with E-state index in [1.807, 2.05) is 0 Å². The van der Waals surface area contributed by atoms with Crippen molar-refractivity contribution < 1.29 is 4.74 Å². The average Bonchev–Trinajstić information content (AvgIpc) is 2.14. The lowest BCUT2D eigenvalue weighted by Gasteiger charge is -2.03. The topological polar surface area (TPSA) is 21.3 Å². The molecule has 0 radical (unpaired) electrons. The summed E-state index contributed by atoms with van der Waals surface area (Å²) in [4.78, 5) is 0. The summed E-state index contributed by atoms with van der Waals surface area (Å²) in [5.74, 6) is 1.11. The Morgan fingerprint density at radius 2 is 2.33 bits per heavy atom. The van der Waals surface area contributed by atoms with Crippen molar-refractivity contribution in [1.82, 2.24) is 5.32 Å². The van der Waals surface area contributed by atoms with Crippen LogP contribution in [0.15, 0.2) is 24.4 Å². The van der Waals surface area contributed by atoms with Gasteiger partial charge in [-0.1, -0.05) is 13.8 Å². The largest absolute Gasteiger partial charge is 0.448 e. The van der Waals surface area contributed by atoms with E-state index < -0.39 is 0 Å². The quantitative estimate of drug-likeness (QED) is 0.574. The fourth-order valence-electron chi connectivity index (χ4n) is 0.635. The van der Waals surface area contributed by atoms with Crippen LogP contribution in [0, 0.1) is 5.92 Å². The average molecular weight is 125 g/mol. The molecule has 50 valence electrons. The van der Waals surface area contributed by atoms with Crippen LogP contribution in [0.1, 0.15) is 13.8 Å². The molecule has 0 fully saturated rings. The van der Waals surface area contributed by atoms with Gasteiger partial charge in [-0.05, 0) is 12.5 Å². The van der Waals surface area contributed by atoms with Gasteiger partial charge < -0.3 is 10.1 Å². The van der Waals surface area contributed by atoms with Crippen molar-refractivity contribution in [2.75, 3.05) is 0 Å². The Hall–Kier alpha value is -0.920. The minimum Gasteiger partial charge on any atom is -0.448 e. The van der Waals surface area contributed by atoms with E-state index in [9.17, 15) is 0 Å². The predicted octanol–water partition coefficient (Wildman–Crippen LogP) is 1.57. The Balaban J connectivity index is 2.55. The fourth-order valence-corrected chi connectivity index (χ4v) is 0.635. The number of nitrogens with one attached hydrogen (secondary N) is 1. The van der Waals surface area contributed by atoms with Crippen molar-refractivity contribution in [2.24, 2.45) is 5.92 Å². The highest BCUT2D eigenvalue weighted by Crippen LogP contribution is 2.14. The van der Waals surface area contributed by atoms with Crippen molar-refractivity contribution in [3.05, 3.63) is 24.4 Å². The molecule has 9 heavy (non-hydrogen) atoms. The minimum atomic E-state index is 0.490. The summed E-state index contributed by atoms with van der Waals surface area (Å²) in [6.45, 7) is 7.80. The van der Waals surface area contributed by atoms with Gasteiger partial charge in [-0.25, -0.2) is 0 Å². The Bertz CT molecular complexity index is 158. The highest BCUT2D eigenvalue weighted by atomic mass is 16.5. The van der Waals surface area contributed by atoms with Crippen molar-refractivity contribution >= 4 is 0 Å². The molecule has 2 nitrogen and oxygen atoms in total. The van der Waals surface area contributed by atoms with Crippen LogP contribution in [0.3, 0.4) is 0 Å². The normalized spacial score (nSPS) is 17.2. The highest BCUT2D eigenvalue weighted by molar-refractivity contribution is 5.11. The molecule has 0 atom stereocenters. The maximum absolute atomic E-state index is 4.96. The first kappa shape index (κ1) is 6.20. The molecule has 1 N–H and O–H groups in total. The highest BCUT2D eigenvalue weighted by Gasteiger charge is 2.10. The SMILES string of the molecule is C=C1NC(C(C)C)=CO1. The molecule has 0 saturated heterocycles. The first-order chi connectivity index (χ1) is 4.20. The first-order valence-corrected chi connectivity index (χ1v) is 3.03. The van der Waals surface area contributed by atoms with E-state index in [1.165, 1.54) is 0 Å². The van der Waals surface area contributed by atoms with E-state index in [0.717, 1.165) is 5.70 Å². The molecule has 0 aromatic carbocycles. The van der Waals surface area contributed by atoms with Gasteiger partial charge in [0.25, 0.3) is 0 Å². The predicted molar refractivity (Wildman–Crippen MR) is 36.3 cm³/mol. The minimum absolute atomic E-state index is 0.490. The number of ether oxygens (including phenoxy) is 1. The molecule has 0 amide bonds. The standard InChI is InChI=1S/C7H11NO/c1-5(2)7-4-9-6(3)8-7/h4-5,8H,3H2,1-2H3. The van der Waals surface area contributed by atoms with Gasteiger partial charge in [-0.3, -0.25) is 0 Å². The lowest BCUT2D eigenvalue weighted by molar-refractivity contribution is 0.359. The van der Waals surface area contributed by atoms with Gasteiger partial charge in [-0.2, -0.15) is 0 Å². The monoisotopic (exact) mass is 125 g/mol. The molecule has 1 aliphatic heterocycles. The van der Waals surface area contributed by atoms with Crippen molar-refractivity contribution in [1.29, 1.82) is 0 Å². The number of rotatable bonds is 1. The molecule has 0 bridgehead atoms. The summed E-state index contributed by atoms with van der Waals surface area (Å²) >= 11 is 0. The van der Waals surface area contributed by atoms with E-state index in [4.69, 9.17) is 4.74 Å². The zero-order valence-corrected chi connectivity index (χ0v) is 5.77. The summed E-state index contributed by atoms with van der Waals surface area (Å²) < 4.78 is 4.96. The Morgan fingerprint density at radius 1 is 1.67 bits per heavy atom. The van der Waals surface area contributed by atoms with Gasteiger partial charge in [-0.15, -0.1) is 0 Å². The molecule has 0 spiro atoms. The maximum Gasteiger partial charge on any atom is 0.189 e. The third-order valence-corrected chi connectivity index (χ3v) is 1.23. The molecule has 0 unspecified atom stereocenters. The summed E-state index contributed by atoms with van der Waals surface area (Å²) in [6.07, 6.45) is 1.70. The number of hydrogen-bond donors (Lipinski definition) is 1. The fraction of sp³-hybridized carbons (Fsp3) is 0.429. The van der Waals surface area contributed by atoms with Gasteiger partial charge in [0.2, 0.25) is 0 Å². The van der Waals surface area contributed by atoms with Crippen molar-refractivity contribution in [2.45, 2.75) is 13.8 Å². The zero-order chi connectivity index (χ0) is 6.85. The molecule has 0 aromatic rings. The molecule has 0 saturated carbocycles. The lowest BCUT2D eigenvalue weighted by atomic mass is 10.2. The van der Waals surface area contributed by atoms with Gasteiger partial charge in [0.1, 0.15) is 6.26 Å². The van der Waals surface area contributed by atoms with E-state index in [0.29, 0.717) is 11.8 Å². The summed E-state index contributed by atoms with van der Waals surface area (Å²) in [5, 5.41) is 3.00. The molecular weight excluding hydrogens is 114 g/mol. The summed E-state index contributed by atoms with van der Waals surface area (Å²) in [6, 6.07) is 0. The second kappa shape index (κ2) is 2.13. The molecule has 0 aromatic heterocycles. The third kappa shape index (κ3) is 1.25. The zero-order valence-electron chi connectivity index (χ0n) is 5.77. The van der Waals surface area contributed by atoms with E-state index >= 15 is 0 Å². The van der Waals surface area contributed by atoms with Crippen molar-refractivity contribution in [3.8, 4) is 0 Å². The first-order valence-electron chi connectivity index (χ1n) is 3.03. The lowest BCUT2D eigenvalue weighted by Crippen LogP contribution is -2.09. The van der Waals surface area contributed by atoms with Crippen LogP contribution in [-0.2, 0) is 4.74 Å². The van der Waals surface area contributed by atoms with Crippen molar-refractivity contribution in [3.63, 3.8) is 0 Å². The Morgan fingerprint density at radius 3 is 2.56 bits per heavy atom. The summed E-state index contributed by atoms with van der Waals surface area (Å²) in [5.41, 5.74) is 1.10. The molecule has 1 aliphatic rings. The van der Waals surface area contributed by atoms with Crippen LogP contribution in [0.5, 0.6) is 0 Å². The Kier molecular flexibility index (Phi) is 1.47.